The Morgan fingerprint density at radius 3 is 2.88 bits per heavy atom. The number of carboxylic acid groups (broad SMARTS) is 1. The van der Waals surface area contributed by atoms with Crippen molar-refractivity contribution >= 4 is 22.7 Å². The molecule has 3 heterocycles. The van der Waals surface area contributed by atoms with Crippen LogP contribution in [0.2, 0.25) is 0 Å². The first-order valence-electron chi connectivity index (χ1n) is 7.93. The number of hydrogen-bond acceptors (Lipinski definition) is 7. The molecule has 26 heavy (non-hydrogen) atoms. The number of carbonyl (C=O) groups is 1. The Morgan fingerprint density at radius 2 is 2.12 bits per heavy atom. The van der Waals surface area contributed by atoms with Crippen LogP contribution in [0.5, 0.6) is 5.75 Å². The Morgan fingerprint density at radius 1 is 1.31 bits per heavy atom. The SMILES string of the molecule is O=C(O)Oc1cnn(-c2nc3ccc(N4CCOCC4)cc3c(=O)[nH]2)c1. The van der Waals surface area contributed by atoms with Crippen LogP contribution in [0.4, 0.5) is 10.5 Å². The summed E-state index contributed by atoms with van der Waals surface area (Å²) >= 11 is 0. The van der Waals surface area contributed by atoms with Crippen molar-refractivity contribution in [1.29, 1.82) is 0 Å². The normalized spacial score (nSPS) is 14.5. The van der Waals surface area contributed by atoms with Crippen molar-refractivity contribution in [3.8, 4) is 11.7 Å². The Bertz CT molecular complexity index is 1020. The van der Waals surface area contributed by atoms with Crippen LogP contribution < -0.4 is 15.2 Å². The third-order valence-electron chi connectivity index (χ3n) is 4.03. The molecule has 10 heteroatoms. The van der Waals surface area contributed by atoms with E-state index in [1.54, 1.807) is 12.1 Å². The van der Waals surface area contributed by atoms with Crippen molar-refractivity contribution in [3.63, 3.8) is 0 Å². The molecule has 0 amide bonds. The second-order valence-electron chi connectivity index (χ2n) is 5.68. The highest BCUT2D eigenvalue weighted by atomic mass is 16.7. The van der Waals surface area contributed by atoms with Gasteiger partial charge in [0.25, 0.3) is 5.56 Å². The van der Waals surface area contributed by atoms with Crippen molar-refractivity contribution in [2.24, 2.45) is 0 Å². The number of fused-ring (bicyclic) bond motifs is 1. The number of H-pyrrole nitrogens is 1. The fourth-order valence-corrected chi connectivity index (χ4v) is 2.82. The van der Waals surface area contributed by atoms with Gasteiger partial charge in [-0.15, -0.1) is 0 Å². The molecule has 1 saturated heterocycles. The lowest BCUT2D eigenvalue weighted by atomic mass is 10.2. The number of nitrogens with zero attached hydrogens (tertiary/aromatic N) is 4. The van der Waals surface area contributed by atoms with E-state index in [0.717, 1.165) is 18.8 Å². The number of hydrogen-bond donors (Lipinski definition) is 2. The van der Waals surface area contributed by atoms with E-state index in [0.29, 0.717) is 24.1 Å². The van der Waals surface area contributed by atoms with Gasteiger partial charge in [0.2, 0.25) is 5.95 Å². The van der Waals surface area contributed by atoms with E-state index in [1.807, 2.05) is 6.07 Å². The van der Waals surface area contributed by atoms with Gasteiger partial charge in [-0.1, -0.05) is 0 Å². The van der Waals surface area contributed by atoms with Gasteiger partial charge < -0.3 is 19.5 Å². The summed E-state index contributed by atoms with van der Waals surface area (Å²) in [5.41, 5.74) is 1.14. The maximum atomic E-state index is 12.5. The second kappa shape index (κ2) is 6.48. The van der Waals surface area contributed by atoms with E-state index in [4.69, 9.17) is 9.84 Å². The van der Waals surface area contributed by atoms with Crippen molar-refractivity contribution in [2.45, 2.75) is 0 Å². The third-order valence-corrected chi connectivity index (χ3v) is 4.03. The predicted octanol–water partition coefficient (Wildman–Crippen LogP) is 1.00. The number of nitrogens with one attached hydrogen (secondary N) is 1. The molecule has 0 unspecified atom stereocenters. The number of anilines is 1. The largest absolute Gasteiger partial charge is 0.511 e. The summed E-state index contributed by atoms with van der Waals surface area (Å²) in [5, 5.41) is 13.0. The minimum absolute atomic E-state index is 0.0305. The van der Waals surface area contributed by atoms with E-state index in [2.05, 4.69) is 24.7 Å². The topological polar surface area (TPSA) is 123 Å². The quantitative estimate of drug-likeness (QED) is 0.666. The van der Waals surface area contributed by atoms with E-state index < -0.39 is 6.16 Å². The van der Waals surface area contributed by atoms with Gasteiger partial charge in [0.05, 0.1) is 36.5 Å². The zero-order chi connectivity index (χ0) is 18.1. The van der Waals surface area contributed by atoms with E-state index in [9.17, 15) is 9.59 Å². The molecule has 0 radical (unpaired) electrons. The van der Waals surface area contributed by atoms with Crippen LogP contribution in [-0.4, -0.2) is 57.3 Å². The molecule has 1 fully saturated rings. The van der Waals surface area contributed by atoms with E-state index >= 15 is 0 Å². The zero-order valence-electron chi connectivity index (χ0n) is 13.6. The molecule has 4 rings (SSSR count). The fourth-order valence-electron chi connectivity index (χ4n) is 2.82. The van der Waals surface area contributed by atoms with Crippen LogP contribution in [-0.2, 0) is 4.74 Å². The molecular formula is C16H15N5O5. The van der Waals surface area contributed by atoms with Crippen molar-refractivity contribution in [2.75, 3.05) is 31.2 Å². The van der Waals surface area contributed by atoms with Crippen LogP contribution in [0.25, 0.3) is 16.9 Å². The molecular weight excluding hydrogens is 342 g/mol. The first kappa shape index (κ1) is 16.1. The maximum absolute atomic E-state index is 12.5. The van der Waals surface area contributed by atoms with Crippen molar-refractivity contribution in [3.05, 3.63) is 40.9 Å². The highest BCUT2D eigenvalue weighted by Gasteiger charge is 2.14. The fraction of sp³-hybridized carbons (Fsp3) is 0.250. The highest BCUT2D eigenvalue weighted by molar-refractivity contribution is 5.82. The van der Waals surface area contributed by atoms with Gasteiger partial charge in [0.1, 0.15) is 0 Å². The first-order valence-corrected chi connectivity index (χ1v) is 7.93. The van der Waals surface area contributed by atoms with Gasteiger partial charge in [0, 0.05) is 18.8 Å². The summed E-state index contributed by atoms with van der Waals surface area (Å²) in [4.78, 5) is 32.2. The second-order valence-corrected chi connectivity index (χ2v) is 5.68. The Balaban J connectivity index is 1.69. The molecule has 0 spiro atoms. The standard InChI is InChI=1S/C16H15N5O5/c22-14-12-7-10(20-3-5-25-6-4-20)1-2-13(12)18-15(19-14)21-9-11(8-17-21)26-16(23)24/h1-2,7-9H,3-6H2,(H,23,24)(H,18,19,22). The monoisotopic (exact) mass is 357 g/mol. The Labute approximate surface area is 146 Å². The number of aromatic amines is 1. The molecule has 0 saturated carbocycles. The van der Waals surface area contributed by atoms with Gasteiger partial charge in [-0.25, -0.2) is 14.5 Å². The lowest BCUT2D eigenvalue weighted by Crippen LogP contribution is -2.36. The van der Waals surface area contributed by atoms with Gasteiger partial charge >= 0.3 is 6.16 Å². The van der Waals surface area contributed by atoms with Crippen molar-refractivity contribution < 1.29 is 19.4 Å². The molecule has 0 bridgehead atoms. The lowest BCUT2D eigenvalue weighted by molar-refractivity contribution is 0.122. The van der Waals surface area contributed by atoms with Gasteiger partial charge in [-0.3, -0.25) is 9.78 Å². The summed E-state index contributed by atoms with van der Waals surface area (Å²) in [6.07, 6.45) is 1.10. The number of rotatable bonds is 3. The lowest BCUT2D eigenvalue weighted by Gasteiger charge is -2.28. The summed E-state index contributed by atoms with van der Waals surface area (Å²) in [7, 11) is 0. The molecule has 134 valence electrons. The minimum Gasteiger partial charge on any atom is -0.449 e. The van der Waals surface area contributed by atoms with Crippen LogP contribution in [0.1, 0.15) is 0 Å². The Kier molecular flexibility index (Phi) is 4.01. The molecule has 2 aromatic heterocycles. The molecule has 2 N–H and O–H groups in total. The zero-order valence-corrected chi connectivity index (χ0v) is 13.6. The minimum atomic E-state index is -1.44. The molecule has 1 aliphatic heterocycles. The van der Waals surface area contributed by atoms with Crippen molar-refractivity contribution in [1.82, 2.24) is 19.7 Å². The molecule has 10 nitrogen and oxygen atoms in total. The molecule has 0 aliphatic carbocycles. The number of morpholine rings is 1. The highest BCUT2D eigenvalue weighted by Crippen LogP contribution is 2.20. The number of aromatic nitrogens is 4. The summed E-state index contributed by atoms with van der Waals surface area (Å²) in [5.74, 6) is 0.199. The average Bonchev–Trinajstić information content (AvgIpc) is 3.10. The van der Waals surface area contributed by atoms with Gasteiger partial charge in [-0.05, 0) is 18.2 Å². The Hall–Kier alpha value is -3.40. The molecule has 1 aliphatic rings. The molecule has 0 atom stereocenters. The summed E-state index contributed by atoms with van der Waals surface area (Å²) < 4.78 is 11.1. The third kappa shape index (κ3) is 3.09. The molecule has 3 aromatic rings. The van der Waals surface area contributed by atoms with E-state index in [-0.39, 0.29) is 17.3 Å². The van der Waals surface area contributed by atoms with Gasteiger partial charge in [-0.2, -0.15) is 5.10 Å². The smallest absolute Gasteiger partial charge is 0.449 e. The van der Waals surface area contributed by atoms with Crippen LogP contribution >= 0.6 is 0 Å². The predicted molar refractivity (Wildman–Crippen MR) is 91.2 cm³/mol. The van der Waals surface area contributed by atoms with Gasteiger partial charge in [0.15, 0.2) is 5.75 Å². The summed E-state index contributed by atoms with van der Waals surface area (Å²) in [6.45, 7) is 2.86. The van der Waals surface area contributed by atoms with Crippen LogP contribution in [0.3, 0.4) is 0 Å². The average molecular weight is 357 g/mol. The summed E-state index contributed by atoms with van der Waals surface area (Å²) in [6, 6.07) is 5.49. The first-order chi connectivity index (χ1) is 12.6. The number of benzene rings is 1. The number of ether oxygens (including phenoxy) is 2. The van der Waals surface area contributed by atoms with E-state index in [1.165, 1.54) is 17.1 Å². The van der Waals surface area contributed by atoms with Crippen LogP contribution in [0.15, 0.2) is 35.4 Å². The molecule has 1 aromatic carbocycles. The maximum Gasteiger partial charge on any atom is 0.511 e. The van der Waals surface area contributed by atoms with Crippen LogP contribution in [0, 0.1) is 0 Å².